The van der Waals surface area contributed by atoms with Gasteiger partial charge in [0.15, 0.2) is 0 Å². The van der Waals surface area contributed by atoms with E-state index in [1.165, 1.54) is 0 Å². The van der Waals surface area contributed by atoms with Crippen molar-refractivity contribution in [3.05, 3.63) is 0 Å². The summed E-state index contributed by atoms with van der Waals surface area (Å²) in [6.45, 7) is 6.84. The number of rotatable bonds is 8. The first-order valence-corrected chi connectivity index (χ1v) is 7.52. The molecule has 0 saturated carbocycles. The Bertz CT molecular complexity index is 138. The van der Waals surface area contributed by atoms with Gasteiger partial charge in [-0.2, -0.15) is 25.3 Å². The second-order valence-electron chi connectivity index (χ2n) is 4.68. The highest BCUT2D eigenvalue weighted by Crippen LogP contribution is 2.23. The Morgan fingerprint density at radius 2 is 1.59 bits per heavy atom. The predicted molar refractivity (Wildman–Crippen MR) is 83.4 cm³/mol. The van der Waals surface area contributed by atoms with Crippen LogP contribution in [0.5, 0.6) is 0 Å². The molecule has 0 fully saturated rings. The summed E-state index contributed by atoms with van der Waals surface area (Å²) in [7, 11) is 0. The Kier molecular flexibility index (Phi) is 15.3. The maximum atomic E-state index is 8.58. The Morgan fingerprint density at radius 1 is 1.00 bits per heavy atom. The molecule has 106 valence electrons. The van der Waals surface area contributed by atoms with E-state index in [2.05, 4.69) is 46.0 Å². The van der Waals surface area contributed by atoms with E-state index >= 15 is 0 Å². The molecule has 0 aliphatic carbocycles. The number of thiol groups is 2. The second-order valence-corrected chi connectivity index (χ2v) is 6.49. The van der Waals surface area contributed by atoms with E-state index in [9.17, 15) is 0 Å². The van der Waals surface area contributed by atoms with Gasteiger partial charge >= 0.3 is 0 Å². The van der Waals surface area contributed by atoms with Crippen LogP contribution in [0.25, 0.3) is 0 Å². The van der Waals surface area contributed by atoms with Crippen LogP contribution in [0, 0.1) is 0 Å². The molecular weight excluding hydrogens is 252 g/mol. The van der Waals surface area contributed by atoms with Crippen LogP contribution in [0.2, 0.25) is 0 Å². The van der Waals surface area contributed by atoms with E-state index < -0.39 is 0 Å². The first-order chi connectivity index (χ1) is 7.93. The van der Waals surface area contributed by atoms with Crippen molar-refractivity contribution in [3.8, 4) is 0 Å². The lowest BCUT2D eigenvalue weighted by atomic mass is 10.0. The van der Waals surface area contributed by atoms with Gasteiger partial charge in [0, 0.05) is 23.2 Å². The Labute approximate surface area is 118 Å². The maximum absolute atomic E-state index is 8.58. The largest absolute Gasteiger partial charge is 0.396 e. The van der Waals surface area contributed by atoms with Crippen LogP contribution in [0.3, 0.4) is 0 Å². The average molecular weight is 283 g/mol. The van der Waals surface area contributed by atoms with Crippen molar-refractivity contribution in [3.63, 3.8) is 0 Å². The molecule has 0 rings (SSSR count). The Hall–Kier alpha value is 0.620. The van der Waals surface area contributed by atoms with Gasteiger partial charge in [-0.3, -0.25) is 0 Å². The molecule has 0 amide bonds. The highest BCUT2D eigenvalue weighted by molar-refractivity contribution is 7.81. The fraction of sp³-hybridized carbons (Fsp3) is 1.00. The standard InChI is InChI=1S/C7H16OS.C6H14OS/c1-3-4-7(2,9)5-6-8;1-2-3-6(8)4-5-7/h8-9H,3-6H2,1-2H3;6-8H,2-5H2,1H3. The van der Waals surface area contributed by atoms with Crippen molar-refractivity contribution in [2.24, 2.45) is 0 Å². The lowest BCUT2D eigenvalue weighted by Gasteiger charge is -2.20. The number of hydrogen-bond acceptors (Lipinski definition) is 4. The molecule has 0 aromatic heterocycles. The molecule has 0 aliphatic rings. The fourth-order valence-electron chi connectivity index (χ4n) is 1.53. The Balaban J connectivity index is 0. The van der Waals surface area contributed by atoms with Gasteiger partial charge in [0.2, 0.25) is 0 Å². The van der Waals surface area contributed by atoms with Crippen LogP contribution in [0.1, 0.15) is 59.3 Å². The summed E-state index contributed by atoms with van der Waals surface area (Å²) < 4.78 is 0.0451. The molecule has 0 bridgehead atoms. The van der Waals surface area contributed by atoms with Crippen molar-refractivity contribution in [2.75, 3.05) is 13.2 Å². The van der Waals surface area contributed by atoms with Crippen LogP contribution in [0.4, 0.5) is 0 Å². The van der Waals surface area contributed by atoms with E-state index in [1.54, 1.807) is 0 Å². The van der Waals surface area contributed by atoms with Gasteiger partial charge in [-0.1, -0.05) is 33.6 Å². The lowest BCUT2D eigenvalue weighted by Crippen LogP contribution is -2.17. The van der Waals surface area contributed by atoms with Crippen LogP contribution >= 0.6 is 25.3 Å². The summed E-state index contributed by atoms with van der Waals surface area (Å²) in [4.78, 5) is 0. The molecule has 0 saturated heterocycles. The molecule has 0 heterocycles. The first kappa shape index (κ1) is 19.9. The average Bonchev–Trinajstić information content (AvgIpc) is 2.18. The van der Waals surface area contributed by atoms with E-state index in [-0.39, 0.29) is 18.0 Å². The van der Waals surface area contributed by atoms with E-state index in [1.807, 2.05) is 0 Å². The summed E-state index contributed by atoms with van der Waals surface area (Å²) in [5, 5.41) is 17.4. The minimum atomic E-state index is 0.0451. The highest BCUT2D eigenvalue weighted by atomic mass is 32.1. The molecule has 4 heteroatoms. The zero-order chi connectivity index (χ0) is 13.7. The molecule has 17 heavy (non-hydrogen) atoms. The molecule has 2 unspecified atom stereocenters. The zero-order valence-corrected chi connectivity index (χ0v) is 13.3. The molecule has 0 spiro atoms. The third-order valence-electron chi connectivity index (χ3n) is 2.52. The van der Waals surface area contributed by atoms with E-state index in [0.717, 1.165) is 38.5 Å². The lowest BCUT2D eigenvalue weighted by molar-refractivity contribution is 0.268. The Morgan fingerprint density at radius 3 is 1.94 bits per heavy atom. The smallest absolute Gasteiger partial charge is 0.0444 e. The van der Waals surface area contributed by atoms with E-state index in [4.69, 9.17) is 10.2 Å². The van der Waals surface area contributed by atoms with Gasteiger partial charge in [0.1, 0.15) is 0 Å². The SMILES string of the molecule is CCCC(C)(S)CCO.CCCC(S)CCO. The fourth-order valence-corrected chi connectivity index (χ4v) is 2.23. The van der Waals surface area contributed by atoms with Gasteiger partial charge in [0.05, 0.1) is 0 Å². The molecule has 2 nitrogen and oxygen atoms in total. The normalized spacial score (nSPS) is 15.7. The number of hydrogen-bond donors (Lipinski definition) is 4. The van der Waals surface area contributed by atoms with Gasteiger partial charge in [-0.15, -0.1) is 0 Å². The number of aliphatic hydroxyl groups is 2. The van der Waals surface area contributed by atoms with Crippen LogP contribution in [0.15, 0.2) is 0 Å². The van der Waals surface area contributed by atoms with Gasteiger partial charge < -0.3 is 10.2 Å². The first-order valence-electron chi connectivity index (χ1n) is 6.55. The third kappa shape index (κ3) is 16.6. The molecule has 0 aromatic carbocycles. The van der Waals surface area contributed by atoms with Crippen LogP contribution < -0.4 is 0 Å². The minimum absolute atomic E-state index is 0.0451. The molecular formula is C13H30O2S2. The monoisotopic (exact) mass is 282 g/mol. The topological polar surface area (TPSA) is 40.5 Å². The molecule has 2 atom stereocenters. The summed E-state index contributed by atoms with van der Waals surface area (Å²) in [6.07, 6.45) is 6.12. The van der Waals surface area contributed by atoms with Crippen molar-refractivity contribution in [1.82, 2.24) is 0 Å². The molecule has 0 aliphatic heterocycles. The van der Waals surface area contributed by atoms with Gasteiger partial charge in [-0.25, -0.2) is 0 Å². The van der Waals surface area contributed by atoms with Gasteiger partial charge in [-0.05, 0) is 25.7 Å². The summed E-state index contributed by atoms with van der Waals surface area (Å²) in [5.74, 6) is 0. The van der Waals surface area contributed by atoms with Gasteiger partial charge in [0.25, 0.3) is 0 Å². The third-order valence-corrected chi connectivity index (χ3v) is 3.49. The van der Waals surface area contributed by atoms with Crippen molar-refractivity contribution < 1.29 is 10.2 Å². The summed E-state index contributed by atoms with van der Waals surface area (Å²) >= 11 is 8.62. The summed E-state index contributed by atoms with van der Waals surface area (Å²) in [6, 6.07) is 0. The predicted octanol–water partition coefficient (Wildman–Crippen LogP) is 3.32. The number of aliphatic hydroxyl groups excluding tert-OH is 2. The quantitative estimate of drug-likeness (QED) is 0.516. The van der Waals surface area contributed by atoms with Crippen molar-refractivity contribution in [2.45, 2.75) is 69.3 Å². The molecule has 2 N–H and O–H groups in total. The summed E-state index contributed by atoms with van der Waals surface area (Å²) in [5.41, 5.74) is 0. The van der Waals surface area contributed by atoms with E-state index in [0.29, 0.717) is 5.25 Å². The van der Waals surface area contributed by atoms with Crippen LogP contribution in [-0.2, 0) is 0 Å². The molecule has 0 aromatic rings. The molecule has 0 radical (unpaired) electrons. The highest BCUT2D eigenvalue weighted by Gasteiger charge is 2.15. The maximum Gasteiger partial charge on any atom is 0.0444 e. The van der Waals surface area contributed by atoms with Crippen molar-refractivity contribution in [1.29, 1.82) is 0 Å². The second kappa shape index (κ2) is 13.1. The minimum Gasteiger partial charge on any atom is -0.396 e. The zero-order valence-electron chi connectivity index (χ0n) is 11.5. The van der Waals surface area contributed by atoms with Crippen molar-refractivity contribution >= 4 is 25.3 Å². The van der Waals surface area contributed by atoms with Crippen LogP contribution in [-0.4, -0.2) is 33.4 Å².